The van der Waals surface area contributed by atoms with Gasteiger partial charge in [-0.3, -0.25) is 0 Å². The Morgan fingerprint density at radius 1 is 1.10 bits per heavy atom. The van der Waals surface area contributed by atoms with Crippen molar-refractivity contribution in [2.75, 3.05) is 0 Å². The van der Waals surface area contributed by atoms with Gasteiger partial charge < -0.3 is 10.2 Å². The second-order valence-electron chi connectivity index (χ2n) is 7.54. The van der Waals surface area contributed by atoms with E-state index in [4.69, 9.17) is 0 Å². The highest BCUT2D eigenvalue weighted by Crippen LogP contribution is 2.61. The summed E-state index contributed by atoms with van der Waals surface area (Å²) in [5.41, 5.74) is 2.91. The Bertz CT molecular complexity index is 551. The highest BCUT2D eigenvalue weighted by molar-refractivity contribution is 5.49. The number of phenolic OH excluding ortho intramolecular Hbond substituents is 2. The van der Waals surface area contributed by atoms with Gasteiger partial charge in [-0.15, -0.1) is 0 Å². The minimum Gasteiger partial charge on any atom is -0.508 e. The predicted molar refractivity (Wildman–Crippen MR) is 79.0 cm³/mol. The monoisotopic (exact) mass is 272 g/mol. The highest BCUT2D eigenvalue weighted by Gasteiger charge is 2.50. The van der Waals surface area contributed by atoms with Gasteiger partial charge in [0.15, 0.2) is 0 Å². The van der Waals surface area contributed by atoms with Crippen molar-refractivity contribution < 1.29 is 10.2 Å². The molecule has 20 heavy (non-hydrogen) atoms. The molecule has 4 rings (SSSR count). The molecule has 0 spiro atoms. The van der Waals surface area contributed by atoms with Crippen LogP contribution in [0.25, 0.3) is 0 Å². The largest absolute Gasteiger partial charge is 0.508 e. The Balaban J connectivity index is 1.76. The third-order valence-electron chi connectivity index (χ3n) is 6.56. The molecule has 1 aromatic carbocycles. The van der Waals surface area contributed by atoms with Gasteiger partial charge in [-0.2, -0.15) is 0 Å². The molecule has 1 aromatic rings. The lowest BCUT2D eigenvalue weighted by molar-refractivity contribution is 0.0588. The number of aryl methyl sites for hydroxylation is 1. The minimum atomic E-state index is 0.209. The van der Waals surface area contributed by atoms with E-state index in [1.54, 1.807) is 0 Å². The van der Waals surface area contributed by atoms with Gasteiger partial charge in [0.2, 0.25) is 0 Å². The summed E-state index contributed by atoms with van der Waals surface area (Å²) in [6, 6.07) is 3.40. The number of aromatic hydroxyl groups is 2. The normalized spacial score (nSPS) is 39.0. The van der Waals surface area contributed by atoms with E-state index in [1.807, 2.05) is 6.07 Å². The summed E-state index contributed by atoms with van der Waals surface area (Å²) in [5, 5.41) is 20.0. The maximum Gasteiger partial charge on any atom is 0.123 e. The molecule has 0 radical (unpaired) electrons. The van der Waals surface area contributed by atoms with Gasteiger partial charge in [0, 0.05) is 11.6 Å². The molecule has 0 saturated heterocycles. The Kier molecular flexibility index (Phi) is 2.61. The van der Waals surface area contributed by atoms with E-state index in [1.165, 1.54) is 50.2 Å². The van der Waals surface area contributed by atoms with Gasteiger partial charge in [0.1, 0.15) is 11.5 Å². The molecule has 3 aliphatic carbocycles. The zero-order valence-corrected chi connectivity index (χ0v) is 12.2. The van der Waals surface area contributed by atoms with Crippen LogP contribution in [0, 0.1) is 17.3 Å². The number of hydrogen-bond acceptors (Lipinski definition) is 2. The Morgan fingerprint density at radius 3 is 2.80 bits per heavy atom. The second kappa shape index (κ2) is 4.16. The number of fused-ring (bicyclic) bond motifs is 5. The first-order chi connectivity index (χ1) is 9.58. The number of phenols is 2. The van der Waals surface area contributed by atoms with Gasteiger partial charge >= 0.3 is 0 Å². The van der Waals surface area contributed by atoms with Gasteiger partial charge in [0.05, 0.1) is 0 Å². The van der Waals surface area contributed by atoms with E-state index < -0.39 is 0 Å². The van der Waals surface area contributed by atoms with Crippen LogP contribution >= 0.6 is 0 Å². The third-order valence-corrected chi connectivity index (χ3v) is 6.56. The Morgan fingerprint density at radius 2 is 1.95 bits per heavy atom. The van der Waals surface area contributed by atoms with Crippen LogP contribution in [-0.2, 0) is 6.42 Å². The number of rotatable bonds is 0. The summed E-state index contributed by atoms with van der Waals surface area (Å²) in [4.78, 5) is 0. The van der Waals surface area contributed by atoms with Gasteiger partial charge in [-0.25, -0.2) is 0 Å². The predicted octanol–water partition coefficient (Wildman–Crippen LogP) is 4.34. The maximum atomic E-state index is 10.3. The fourth-order valence-corrected chi connectivity index (χ4v) is 5.68. The molecule has 4 atom stereocenters. The molecule has 0 aromatic heterocycles. The first kappa shape index (κ1) is 12.6. The van der Waals surface area contributed by atoms with Crippen LogP contribution in [0.3, 0.4) is 0 Å². The smallest absolute Gasteiger partial charge is 0.123 e. The maximum absolute atomic E-state index is 10.3. The van der Waals surface area contributed by atoms with Crippen LogP contribution in [0.1, 0.15) is 62.5 Å². The first-order valence-electron chi connectivity index (χ1n) is 8.13. The SMILES string of the molecule is C[C@@]12CCC[C@H]1[C@@H]1CCc3cc(O)cc(O)c3[C@H]1CC2. The van der Waals surface area contributed by atoms with Gasteiger partial charge in [-0.1, -0.05) is 13.3 Å². The molecule has 2 heteroatoms. The number of benzene rings is 1. The molecule has 0 bridgehead atoms. The quantitative estimate of drug-likeness (QED) is 0.737. The molecule has 2 N–H and O–H groups in total. The van der Waals surface area contributed by atoms with E-state index in [0.29, 0.717) is 17.1 Å². The molecule has 3 aliphatic rings. The molecule has 2 nitrogen and oxygen atoms in total. The van der Waals surface area contributed by atoms with Crippen LogP contribution in [0.5, 0.6) is 11.5 Å². The highest BCUT2D eigenvalue weighted by atomic mass is 16.3. The molecular weight excluding hydrogens is 248 g/mol. The summed E-state index contributed by atoms with van der Waals surface area (Å²) in [5.74, 6) is 2.66. The Hall–Kier alpha value is -1.18. The lowest BCUT2D eigenvalue weighted by Crippen LogP contribution is -2.39. The molecule has 0 amide bonds. The summed E-state index contributed by atoms with van der Waals surface area (Å²) in [6.45, 7) is 2.49. The minimum absolute atomic E-state index is 0.209. The van der Waals surface area contributed by atoms with Crippen molar-refractivity contribution in [3.05, 3.63) is 23.3 Å². The van der Waals surface area contributed by atoms with Crippen LogP contribution in [-0.4, -0.2) is 10.2 Å². The van der Waals surface area contributed by atoms with Crippen LogP contribution in [0.4, 0.5) is 0 Å². The molecule has 2 fully saturated rings. The van der Waals surface area contributed by atoms with Crippen LogP contribution in [0.2, 0.25) is 0 Å². The second-order valence-corrected chi connectivity index (χ2v) is 7.54. The van der Waals surface area contributed by atoms with E-state index in [0.717, 1.165) is 23.8 Å². The van der Waals surface area contributed by atoms with Crippen molar-refractivity contribution in [1.29, 1.82) is 0 Å². The fourth-order valence-electron chi connectivity index (χ4n) is 5.68. The summed E-state index contributed by atoms with van der Waals surface area (Å²) in [7, 11) is 0. The molecule has 2 saturated carbocycles. The zero-order valence-electron chi connectivity index (χ0n) is 12.2. The average Bonchev–Trinajstić information content (AvgIpc) is 2.79. The molecule has 108 valence electrons. The van der Waals surface area contributed by atoms with Gasteiger partial charge in [0.25, 0.3) is 0 Å². The van der Waals surface area contributed by atoms with Crippen molar-refractivity contribution in [3.63, 3.8) is 0 Å². The first-order valence-corrected chi connectivity index (χ1v) is 8.13. The van der Waals surface area contributed by atoms with Crippen molar-refractivity contribution in [3.8, 4) is 11.5 Å². The van der Waals surface area contributed by atoms with Crippen molar-refractivity contribution in [2.24, 2.45) is 17.3 Å². The van der Waals surface area contributed by atoms with Crippen LogP contribution in [0.15, 0.2) is 12.1 Å². The molecule has 0 heterocycles. The van der Waals surface area contributed by atoms with Gasteiger partial charge in [-0.05, 0) is 73.3 Å². The molecule has 0 aliphatic heterocycles. The third kappa shape index (κ3) is 1.63. The number of hydrogen-bond donors (Lipinski definition) is 2. The summed E-state index contributed by atoms with van der Waals surface area (Å²) < 4.78 is 0. The summed E-state index contributed by atoms with van der Waals surface area (Å²) in [6.07, 6.45) is 8.94. The average molecular weight is 272 g/mol. The topological polar surface area (TPSA) is 40.5 Å². The van der Waals surface area contributed by atoms with E-state index in [-0.39, 0.29) is 5.75 Å². The fraction of sp³-hybridized carbons (Fsp3) is 0.667. The molecule has 0 unspecified atom stereocenters. The summed E-state index contributed by atoms with van der Waals surface area (Å²) >= 11 is 0. The van der Waals surface area contributed by atoms with E-state index in [2.05, 4.69) is 6.92 Å². The van der Waals surface area contributed by atoms with Crippen molar-refractivity contribution in [2.45, 2.75) is 57.8 Å². The Labute approximate surface area is 120 Å². The zero-order chi connectivity index (χ0) is 13.9. The van der Waals surface area contributed by atoms with Crippen molar-refractivity contribution in [1.82, 2.24) is 0 Å². The van der Waals surface area contributed by atoms with Crippen molar-refractivity contribution >= 4 is 0 Å². The van der Waals surface area contributed by atoms with E-state index >= 15 is 0 Å². The lowest BCUT2D eigenvalue weighted by Gasteiger charge is -2.49. The van der Waals surface area contributed by atoms with Crippen LogP contribution < -0.4 is 0 Å². The molecular formula is C18H24O2. The van der Waals surface area contributed by atoms with E-state index in [9.17, 15) is 10.2 Å². The lowest BCUT2D eigenvalue weighted by atomic mass is 9.56. The standard InChI is InChI=1S/C18H24O2/c1-18-7-2-3-15(18)13-5-4-11-9-12(19)10-16(20)17(11)14(13)6-8-18/h9-10,13-15,19-20H,2-8H2,1H3/t13-,14+,15+,18+/m1/s1.